The second kappa shape index (κ2) is 16.9. The van der Waals surface area contributed by atoms with Crippen LogP contribution in [-0.2, 0) is 0 Å². The van der Waals surface area contributed by atoms with E-state index in [4.69, 9.17) is 0 Å². The Morgan fingerprint density at radius 3 is 0.784 bits per heavy atom. The minimum atomic E-state index is 1.07. The molecule has 15 rings (SSSR count). The Morgan fingerprint density at radius 2 is 0.459 bits per heavy atom. The summed E-state index contributed by atoms with van der Waals surface area (Å²) in [5.74, 6) is 0. The van der Waals surface area contributed by atoms with E-state index >= 15 is 0 Å². The normalized spacial score (nSPS) is 11.8. The topological polar surface area (TPSA) is 16.3 Å². The zero-order valence-electron chi connectivity index (χ0n) is 40.3. The van der Waals surface area contributed by atoms with Gasteiger partial charge in [-0.05, 0) is 95.7 Å². The fraction of sp³-hybridized carbons (Fsp3) is 0. The van der Waals surface area contributed by atoms with Crippen molar-refractivity contribution in [2.45, 2.75) is 0 Å². The van der Waals surface area contributed by atoms with Gasteiger partial charge in [0.1, 0.15) is 0 Å². The van der Waals surface area contributed by atoms with E-state index in [1.807, 2.05) is 0 Å². The predicted octanol–water partition coefficient (Wildman–Crippen LogP) is 19.4. The van der Waals surface area contributed by atoms with Crippen LogP contribution in [-0.4, -0.2) is 9.13 Å². The van der Waals surface area contributed by atoms with Crippen LogP contribution in [0.3, 0.4) is 0 Å². The summed E-state index contributed by atoms with van der Waals surface area (Å²) in [6.07, 6.45) is 0. The third kappa shape index (κ3) is 6.42. The van der Waals surface area contributed by atoms with Crippen LogP contribution < -0.4 is 9.80 Å². The summed E-state index contributed by atoms with van der Waals surface area (Å²) in [5, 5.41) is 14.3. The second-order valence-corrected chi connectivity index (χ2v) is 19.2. The average molecular weight is 943 g/mol. The number of rotatable bonds is 8. The van der Waals surface area contributed by atoms with E-state index in [9.17, 15) is 0 Å². The van der Waals surface area contributed by atoms with Gasteiger partial charge in [-0.15, -0.1) is 0 Å². The number of nitrogens with zero attached hydrogens (tertiary/aromatic N) is 4. The lowest BCUT2D eigenvalue weighted by Gasteiger charge is -2.33. The lowest BCUT2D eigenvalue weighted by Crippen LogP contribution is -2.15. The summed E-state index contributed by atoms with van der Waals surface area (Å²) in [7, 11) is 0. The van der Waals surface area contributed by atoms with E-state index < -0.39 is 0 Å². The van der Waals surface area contributed by atoms with Crippen molar-refractivity contribution in [3.63, 3.8) is 0 Å². The summed E-state index contributed by atoms with van der Waals surface area (Å²) in [6.45, 7) is 0. The molecule has 0 aliphatic carbocycles. The van der Waals surface area contributed by atoms with E-state index in [2.05, 4.69) is 298 Å². The van der Waals surface area contributed by atoms with Crippen LogP contribution in [0.1, 0.15) is 0 Å². The van der Waals surface area contributed by atoms with Crippen molar-refractivity contribution in [1.29, 1.82) is 0 Å². The highest BCUT2D eigenvalue weighted by atomic mass is 15.2. The zero-order valence-corrected chi connectivity index (χ0v) is 40.3. The third-order valence-electron chi connectivity index (χ3n) is 15.2. The number of hydrogen-bond donors (Lipinski definition) is 0. The van der Waals surface area contributed by atoms with Gasteiger partial charge in [0.15, 0.2) is 0 Å². The van der Waals surface area contributed by atoms with Crippen molar-refractivity contribution < 1.29 is 0 Å². The van der Waals surface area contributed by atoms with Crippen molar-refractivity contribution in [2.24, 2.45) is 0 Å². The highest BCUT2D eigenvalue weighted by Gasteiger charge is 2.27. The molecule has 0 saturated carbocycles. The number of benzene rings is 13. The van der Waals surface area contributed by atoms with Crippen molar-refractivity contribution in [1.82, 2.24) is 9.13 Å². The molecule has 0 amide bonds. The number of para-hydroxylation sites is 4. The molecule has 0 bridgehead atoms. The molecule has 74 heavy (non-hydrogen) atoms. The lowest BCUT2D eigenvalue weighted by atomic mass is 9.94. The molecule has 346 valence electrons. The van der Waals surface area contributed by atoms with Crippen LogP contribution in [0.2, 0.25) is 0 Å². The maximum atomic E-state index is 2.51. The van der Waals surface area contributed by atoms with Crippen LogP contribution in [0, 0.1) is 0 Å². The Balaban J connectivity index is 0.981. The first kappa shape index (κ1) is 41.8. The molecule has 2 aromatic heterocycles. The molecule has 0 N–H and O–H groups in total. The van der Waals surface area contributed by atoms with Gasteiger partial charge in [0, 0.05) is 76.6 Å². The SMILES string of the molecule is c1ccc2c(N(c3ccc(-n4c5ccccc5c5ccccc54)cc3)c3c4ccccc4c(N(c4ccc(-n5c6ccccc6c6ccccc65)cc4)c4cccc5ccccc45)c4ccccc34)cccc2c1. The summed E-state index contributed by atoms with van der Waals surface area (Å²) in [4.78, 5) is 5.02. The molecule has 0 aliphatic heterocycles. The van der Waals surface area contributed by atoms with Crippen LogP contribution >= 0.6 is 0 Å². The van der Waals surface area contributed by atoms with Gasteiger partial charge < -0.3 is 18.9 Å². The lowest BCUT2D eigenvalue weighted by molar-refractivity contribution is 1.17. The van der Waals surface area contributed by atoms with Crippen LogP contribution in [0.15, 0.2) is 279 Å². The van der Waals surface area contributed by atoms with Crippen LogP contribution in [0.4, 0.5) is 34.1 Å². The Bertz CT molecular complexity index is 4200. The van der Waals surface area contributed by atoms with Gasteiger partial charge in [-0.2, -0.15) is 0 Å². The highest BCUT2D eigenvalue weighted by Crippen LogP contribution is 2.53. The number of fused-ring (bicyclic) bond motifs is 10. The first-order valence-electron chi connectivity index (χ1n) is 25.4. The van der Waals surface area contributed by atoms with E-state index in [0.29, 0.717) is 0 Å². The molecule has 0 unspecified atom stereocenters. The number of hydrogen-bond acceptors (Lipinski definition) is 2. The number of aromatic nitrogens is 2. The molecule has 4 nitrogen and oxygen atoms in total. The Labute approximate surface area is 428 Å². The van der Waals surface area contributed by atoms with Crippen molar-refractivity contribution in [3.8, 4) is 11.4 Å². The average Bonchev–Trinajstić information content (AvgIpc) is 4.01. The van der Waals surface area contributed by atoms with E-state index in [1.54, 1.807) is 0 Å². The quantitative estimate of drug-likeness (QED) is 0.111. The summed E-state index contributed by atoms with van der Waals surface area (Å²) in [5.41, 5.74) is 13.6. The molecule has 0 aliphatic rings. The Kier molecular flexibility index (Phi) is 9.54. The molecule has 15 aromatic rings. The molecule has 13 aromatic carbocycles. The zero-order chi connectivity index (χ0) is 48.7. The molecular weight excluding hydrogens is 897 g/mol. The molecule has 2 heterocycles. The minimum Gasteiger partial charge on any atom is -0.309 e. The Hall–Kier alpha value is -9.90. The first-order chi connectivity index (χ1) is 36.8. The molecule has 0 fully saturated rings. The third-order valence-corrected chi connectivity index (χ3v) is 15.2. The maximum Gasteiger partial charge on any atom is 0.0620 e. The van der Waals surface area contributed by atoms with Gasteiger partial charge in [-0.25, -0.2) is 0 Å². The van der Waals surface area contributed by atoms with Gasteiger partial charge >= 0.3 is 0 Å². The smallest absolute Gasteiger partial charge is 0.0620 e. The maximum absolute atomic E-state index is 2.51. The second-order valence-electron chi connectivity index (χ2n) is 19.2. The van der Waals surface area contributed by atoms with E-state index in [0.717, 1.165) is 67.0 Å². The van der Waals surface area contributed by atoms with Crippen molar-refractivity contribution in [3.05, 3.63) is 279 Å². The molecule has 0 radical (unpaired) electrons. The molecular formula is C70H46N4. The van der Waals surface area contributed by atoms with Crippen LogP contribution in [0.5, 0.6) is 0 Å². The molecule has 0 saturated heterocycles. The van der Waals surface area contributed by atoms with Gasteiger partial charge in [0.2, 0.25) is 0 Å². The molecule has 0 atom stereocenters. The minimum absolute atomic E-state index is 1.07. The number of anilines is 6. The van der Waals surface area contributed by atoms with Gasteiger partial charge in [0.25, 0.3) is 0 Å². The van der Waals surface area contributed by atoms with Crippen molar-refractivity contribution in [2.75, 3.05) is 9.80 Å². The summed E-state index contributed by atoms with van der Waals surface area (Å²) >= 11 is 0. The monoisotopic (exact) mass is 942 g/mol. The van der Waals surface area contributed by atoms with Gasteiger partial charge in [-0.1, -0.05) is 194 Å². The largest absolute Gasteiger partial charge is 0.309 e. The predicted molar refractivity (Wildman–Crippen MR) is 315 cm³/mol. The van der Waals surface area contributed by atoms with Crippen molar-refractivity contribution >= 4 is 121 Å². The first-order valence-corrected chi connectivity index (χ1v) is 25.4. The van der Waals surface area contributed by atoms with Crippen LogP contribution in [0.25, 0.3) is 98.1 Å². The van der Waals surface area contributed by atoms with Gasteiger partial charge in [0.05, 0.1) is 44.8 Å². The summed E-state index contributed by atoms with van der Waals surface area (Å²) in [6, 6.07) is 102. The highest BCUT2D eigenvalue weighted by molar-refractivity contribution is 6.25. The standard InChI is InChI=1S/C70H46N4/c1-3-23-53-47(19-1)21-17-37-63(53)73(51-43-39-49(40-44-51)71-65-33-13-9-25-55(65)56-26-10-14-34-66(56)71)69-59-29-5-7-31-61(59)70(62-32-8-6-30-60(62)69)74(64-38-18-22-48-20-2-4-24-54(48)64)52-45-41-50(42-46-52)72-67-35-15-11-27-57(67)58-28-12-16-36-68(58)72/h1-46H. The molecule has 4 heteroatoms. The fourth-order valence-electron chi connectivity index (χ4n) is 12.1. The summed E-state index contributed by atoms with van der Waals surface area (Å²) < 4.78 is 4.79. The van der Waals surface area contributed by atoms with Gasteiger partial charge in [-0.3, -0.25) is 0 Å². The fourth-order valence-corrected chi connectivity index (χ4v) is 12.1. The molecule has 0 spiro atoms. The van der Waals surface area contributed by atoms with E-state index in [-0.39, 0.29) is 0 Å². The Morgan fingerprint density at radius 1 is 0.203 bits per heavy atom. The van der Waals surface area contributed by atoms with E-state index in [1.165, 1.54) is 65.2 Å².